The third-order valence-corrected chi connectivity index (χ3v) is 3.62. The maximum Gasteiger partial charge on any atom is 0.138 e. The van der Waals surface area contributed by atoms with Gasteiger partial charge in [0.1, 0.15) is 5.82 Å². The van der Waals surface area contributed by atoms with E-state index in [1.165, 1.54) is 0 Å². The van der Waals surface area contributed by atoms with Crippen molar-refractivity contribution in [3.8, 4) is 11.4 Å². The number of H-pyrrole nitrogens is 1. The summed E-state index contributed by atoms with van der Waals surface area (Å²) >= 11 is 9.42. The number of aromatic nitrogens is 2. The van der Waals surface area contributed by atoms with Crippen LogP contribution in [-0.2, 0) is 0 Å². The number of aromatic amines is 1. The van der Waals surface area contributed by atoms with Crippen molar-refractivity contribution in [1.82, 2.24) is 9.97 Å². The minimum atomic E-state index is 0.745. The summed E-state index contributed by atoms with van der Waals surface area (Å²) in [6.07, 6.45) is 0. The van der Waals surface area contributed by atoms with Crippen LogP contribution in [0, 0.1) is 6.92 Å². The maximum absolute atomic E-state index is 5.97. The van der Waals surface area contributed by atoms with Crippen molar-refractivity contribution in [2.24, 2.45) is 0 Å². The molecule has 90 valence electrons. The molecule has 18 heavy (non-hydrogen) atoms. The van der Waals surface area contributed by atoms with Crippen molar-refractivity contribution < 1.29 is 0 Å². The minimum absolute atomic E-state index is 0.745. The molecular weight excluding hydrogens is 312 g/mol. The lowest BCUT2D eigenvalue weighted by Crippen LogP contribution is -1.84. The minimum Gasteiger partial charge on any atom is -0.338 e. The molecule has 1 N–H and O–H groups in total. The Kier molecular flexibility index (Phi) is 2.88. The van der Waals surface area contributed by atoms with Crippen LogP contribution in [0.15, 0.2) is 40.9 Å². The van der Waals surface area contributed by atoms with Gasteiger partial charge < -0.3 is 4.98 Å². The van der Waals surface area contributed by atoms with Crippen molar-refractivity contribution in [2.45, 2.75) is 6.92 Å². The fourth-order valence-corrected chi connectivity index (χ4v) is 2.59. The Hall–Kier alpha value is -1.32. The van der Waals surface area contributed by atoms with Crippen LogP contribution in [0.5, 0.6) is 0 Å². The van der Waals surface area contributed by atoms with E-state index < -0.39 is 0 Å². The molecule has 0 saturated heterocycles. The highest BCUT2D eigenvalue weighted by Crippen LogP contribution is 2.26. The normalized spacial score (nSPS) is 11.1. The molecule has 0 aliphatic heterocycles. The number of benzene rings is 2. The number of nitrogens with zero attached hydrogens (tertiary/aromatic N) is 1. The van der Waals surface area contributed by atoms with Crippen LogP contribution in [0.1, 0.15) is 5.56 Å². The maximum atomic E-state index is 5.97. The Morgan fingerprint density at radius 2 is 2.00 bits per heavy atom. The average Bonchev–Trinajstić information content (AvgIpc) is 2.71. The highest BCUT2D eigenvalue weighted by molar-refractivity contribution is 9.10. The van der Waals surface area contributed by atoms with Crippen LogP contribution in [0.25, 0.3) is 22.4 Å². The molecule has 4 heteroatoms. The third kappa shape index (κ3) is 2.04. The lowest BCUT2D eigenvalue weighted by molar-refractivity contribution is 1.31. The van der Waals surface area contributed by atoms with Gasteiger partial charge in [0.2, 0.25) is 0 Å². The molecule has 0 amide bonds. The van der Waals surface area contributed by atoms with Crippen LogP contribution >= 0.6 is 27.5 Å². The Morgan fingerprint density at radius 3 is 2.78 bits per heavy atom. The summed E-state index contributed by atoms with van der Waals surface area (Å²) in [5, 5.41) is 0.745. The van der Waals surface area contributed by atoms with Gasteiger partial charge in [-0.15, -0.1) is 0 Å². The number of halogens is 2. The lowest BCUT2D eigenvalue weighted by atomic mass is 10.1. The van der Waals surface area contributed by atoms with E-state index in [-0.39, 0.29) is 0 Å². The molecule has 0 bridgehead atoms. The first-order valence-corrected chi connectivity index (χ1v) is 6.72. The third-order valence-electron chi connectivity index (χ3n) is 2.89. The van der Waals surface area contributed by atoms with Crippen LogP contribution < -0.4 is 0 Å². The highest BCUT2D eigenvalue weighted by atomic mass is 79.9. The van der Waals surface area contributed by atoms with Gasteiger partial charge in [0.05, 0.1) is 11.0 Å². The molecule has 0 saturated carbocycles. The molecule has 1 heterocycles. The number of fused-ring (bicyclic) bond motifs is 1. The van der Waals surface area contributed by atoms with Crippen molar-refractivity contribution in [3.63, 3.8) is 0 Å². The number of rotatable bonds is 1. The number of hydrogen-bond donors (Lipinski definition) is 1. The second kappa shape index (κ2) is 4.41. The molecule has 1 aromatic heterocycles. The smallest absolute Gasteiger partial charge is 0.138 e. The summed E-state index contributed by atoms with van der Waals surface area (Å²) < 4.78 is 1.04. The SMILES string of the molecule is Cc1cc(Cl)ccc1-c1nc2ccc(Br)cc2[nH]1. The number of hydrogen-bond acceptors (Lipinski definition) is 1. The summed E-state index contributed by atoms with van der Waals surface area (Å²) in [5.41, 5.74) is 4.17. The molecule has 3 rings (SSSR count). The van der Waals surface area contributed by atoms with Crippen LogP contribution in [0.2, 0.25) is 5.02 Å². The largest absolute Gasteiger partial charge is 0.338 e. The van der Waals surface area contributed by atoms with E-state index in [4.69, 9.17) is 11.6 Å². The monoisotopic (exact) mass is 320 g/mol. The van der Waals surface area contributed by atoms with Gasteiger partial charge in [-0.2, -0.15) is 0 Å². The van der Waals surface area contributed by atoms with Gasteiger partial charge in [0, 0.05) is 15.1 Å². The van der Waals surface area contributed by atoms with E-state index in [1.54, 1.807) is 0 Å². The number of nitrogens with one attached hydrogen (secondary N) is 1. The molecule has 0 unspecified atom stereocenters. The Morgan fingerprint density at radius 1 is 1.17 bits per heavy atom. The van der Waals surface area contributed by atoms with Crippen molar-refractivity contribution >= 4 is 38.6 Å². The van der Waals surface area contributed by atoms with Crippen molar-refractivity contribution in [3.05, 3.63) is 51.5 Å². The molecule has 0 aliphatic rings. The van der Waals surface area contributed by atoms with Gasteiger partial charge in [-0.05, 0) is 48.9 Å². The van der Waals surface area contributed by atoms with Gasteiger partial charge in [-0.1, -0.05) is 27.5 Å². The predicted molar refractivity (Wildman–Crippen MR) is 79.0 cm³/mol. The quantitative estimate of drug-likeness (QED) is 0.674. The second-order valence-corrected chi connectivity index (χ2v) is 5.56. The summed E-state index contributed by atoms with van der Waals surface area (Å²) in [6, 6.07) is 11.8. The summed E-state index contributed by atoms with van der Waals surface area (Å²) in [6.45, 7) is 2.03. The molecule has 2 aromatic carbocycles. The van der Waals surface area contributed by atoms with E-state index in [0.29, 0.717) is 0 Å². The molecule has 0 fully saturated rings. The van der Waals surface area contributed by atoms with E-state index in [9.17, 15) is 0 Å². The van der Waals surface area contributed by atoms with E-state index in [0.717, 1.165) is 37.5 Å². The highest BCUT2D eigenvalue weighted by Gasteiger charge is 2.08. The first kappa shape index (κ1) is 11.8. The molecule has 0 aliphatic carbocycles. The van der Waals surface area contributed by atoms with Crippen molar-refractivity contribution in [2.75, 3.05) is 0 Å². The number of imidazole rings is 1. The van der Waals surface area contributed by atoms with Gasteiger partial charge in [0.15, 0.2) is 0 Å². The Balaban J connectivity index is 2.19. The summed E-state index contributed by atoms with van der Waals surface area (Å²) in [4.78, 5) is 7.92. The lowest BCUT2D eigenvalue weighted by Gasteiger charge is -2.02. The second-order valence-electron chi connectivity index (χ2n) is 4.21. The van der Waals surface area contributed by atoms with Gasteiger partial charge in [0.25, 0.3) is 0 Å². The fourth-order valence-electron chi connectivity index (χ4n) is 2.00. The van der Waals surface area contributed by atoms with E-state index in [1.807, 2.05) is 43.3 Å². The zero-order valence-electron chi connectivity index (χ0n) is 9.67. The fraction of sp³-hybridized carbons (Fsp3) is 0.0714. The van der Waals surface area contributed by atoms with Gasteiger partial charge in [-0.25, -0.2) is 4.98 Å². The van der Waals surface area contributed by atoms with Crippen LogP contribution in [-0.4, -0.2) is 9.97 Å². The molecule has 0 radical (unpaired) electrons. The first-order chi connectivity index (χ1) is 8.63. The Labute approximate surface area is 118 Å². The zero-order chi connectivity index (χ0) is 12.7. The van der Waals surface area contributed by atoms with Crippen LogP contribution in [0.3, 0.4) is 0 Å². The molecule has 2 nitrogen and oxygen atoms in total. The summed E-state index contributed by atoms with van der Waals surface area (Å²) in [7, 11) is 0. The van der Waals surface area contributed by atoms with Gasteiger partial charge >= 0.3 is 0 Å². The van der Waals surface area contributed by atoms with Crippen molar-refractivity contribution in [1.29, 1.82) is 0 Å². The Bertz CT molecular complexity index is 734. The molecule has 3 aromatic rings. The first-order valence-electron chi connectivity index (χ1n) is 5.55. The molecular formula is C14H10BrClN2. The average molecular weight is 322 g/mol. The van der Waals surface area contributed by atoms with E-state index in [2.05, 4.69) is 25.9 Å². The number of aryl methyl sites for hydroxylation is 1. The topological polar surface area (TPSA) is 28.7 Å². The van der Waals surface area contributed by atoms with Crippen LogP contribution in [0.4, 0.5) is 0 Å². The molecule has 0 spiro atoms. The standard InChI is InChI=1S/C14H10BrClN2/c1-8-6-10(16)3-4-11(8)14-17-12-5-2-9(15)7-13(12)18-14/h2-7H,1H3,(H,17,18). The molecule has 0 atom stereocenters. The predicted octanol–water partition coefficient (Wildman–Crippen LogP) is 4.95. The summed E-state index contributed by atoms with van der Waals surface area (Å²) in [5.74, 6) is 0.872. The van der Waals surface area contributed by atoms with Gasteiger partial charge in [-0.3, -0.25) is 0 Å². The zero-order valence-corrected chi connectivity index (χ0v) is 12.0. The van der Waals surface area contributed by atoms with E-state index >= 15 is 0 Å².